The summed E-state index contributed by atoms with van der Waals surface area (Å²) in [4.78, 5) is 0. The van der Waals surface area contributed by atoms with Crippen LogP contribution in [-0.2, 0) is 37.1 Å². The second-order valence-electron chi connectivity index (χ2n) is 6.04. The molecule has 0 N–H and O–H groups in total. The molecule has 0 saturated heterocycles. The van der Waals surface area contributed by atoms with Gasteiger partial charge in [-0.25, -0.2) is 12.1 Å². The van der Waals surface area contributed by atoms with Crippen molar-refractivity contribution in [1.82, 2.24) is 0 Å². The van der Waals surface area contributed by atoms with Gasteiger partial charge in [-0.3, -0.25) is 0 Å². The van der Waals surface area contributed by atoms with E-state index in [0.29, 0.717) is 0 Å². The molecule has 1 aliphatic carbocycles. The van der Waals surface area contributed by atoms with Crippen LogP contribution in [0.15, 0.2) is 66.7 Å². The molecule has 0 heterocycles. The van der Waals surface area contributed by atoms with Gasteiger partial charge in [-0.1, -0.05) is 48.7 Å². The number of halogens is 2. The van der Waals surface area contributed by atoms with Gasteiger partial charge in [-0.2, -0.15) is 47.5 Å². The quantitative estimate of drug-likeness (QED) is 0.343. The molecule has 0 saturated carbocycles. The molecule has 1 aliphatic rings. The fourth-order valence-electron chi connectivity index (χ4n) is 2.65. The molecule has 0 amide bonds. The van der Waals surface area contributed by atoms with Crippen molar-refractivity contribution in [3.8, 4) is 11.1 Å². The summed E-state index contributed by atoms with van der Waals surface area (Å²) in [5.74, 6) is 0. The molecular weight excluding hydrogens is 438 g/mol. The average molecular weight is 463 g/mol. The van der Waals surface area contributed by atoms with E-state index in [2.05, 4.69) is 87.5 Å². The van der Waals surface area contributed by atoms with E-state index in [4.69, 9.17) is 0 Å². The van der Waals surface area contributed by atoms with Crippen LogP contribution in [0.25, 0.3) is 11.1 Å². The van der Waals surface area contributed by atoms with Crippen LogP contribution in [0.3, 0.4) is 0 Å². The van der Waals surface area contributed by atoms with Crippen LogP contribution in [0.5, 0.6) is 0 Å². The van der Waals surface area contributed by atoms with Gasteiger partial charge in [0.15, 0.2) is 0 Å². The fraction of sp³-hybridized carbons (Fsp3) is 0.217. The minimum absolute atomic E-state index is 0. The molecular formula is C23H24Cl2Zr-2. The first-order chi connectivity index (χ1) is 11.6. The van der Waals surface area contributed by atoms with E-state index in [0.717, 1.165) is 12.8 Å². The number of rotatable bonds is 1. The van der Waals surface area contributed by atoms with Crippen LogP contribution < -0.4 is 24.8 Å². The zero-order valence-corrected chi connectivity index (χ0v) is 19.5. The molecule has 0 atom stereocenters. The molecule has 136 valence electrons. The van der Waals surface area contributed by atoms with Crippen molar-refractivity contribution in [2.24, 2.45) is 0 Å². The van der Waals surface area contributed by atoms with Gasteiger partial charge in [-0.15, -0.1) is 5.56 Å². The summed E-state index contributed by atoms with van der Waals surface area (Å²) in [5.41, 5.74) is 6.94. The SMILES string of the molecule is CC[c-]1cccc1.C[C](C)=[Zr+2].[Cl-].[Cl-].[c-]1cccc2c1Cc1ccccc1-2. The van der Waals surface area contributed by atoms with Crippen LogP contribution in [0.2, 0.25) is 0 Å². The Morgan fingerprint density at radius 3 is 2.12 bits per heavy atom. The summed E-state index contributed by atoms with van der Waals surface area (Å²) >= 11 is 1.55. The van der Waals surface area contributed by atoms with Gasteiger partial charge in [0.25, 0.3) is 0 Å². The average Bonchev–Trinajstić information content (AvgIpc) is 3.22. The monoisotopic (exact) mass is 460 g/mol. The Kier molecular flexibility index (Phi) is 12.9. The zero-order valence-electron chi connectivity index (χ0n) is 15.5. The maximum absolute atomic E-state index is 3.30. The van der Waals surface area contributed by atoms with Crippen molar-refractivity contribution in [2.75, 3.05) is 0 Å². The van der Waals surface area contributed by atoms with Gasteiger partial charge in [0.05, 0.1) is 0 Å². The normalized spacial score (nSPS) is 9.73. The van der Waals surface area contributed by atoms with Gasteiger partial charge in [0.2, 0.25) is 0 Å². The molecule has 0 nitrogen and oxygen atoms in total. The van der Waals surface area contributed by atoms with Gasteiger partial charge in [0.1, 0.15) is 0 Å². The molecule has 26 heavy (non-hydrogen) atoms. The third-order valence-electron chi connectivity index (χ3n) is 3.76. The Morgan fingerprint density at radius 1 is 0.962 bits per heavy atom. The Hall–Kier alpha value is -0.877. The maximum Gasteiger partial charge on any atom is -0.0253 e. The number of aryl methyl sites for hydroxylation is 1. The van der Waals surface area contributed by atoms with Gasteiger partial charge < -0.3 is 24.8 Å². The summed E-state index contributed by atoms with van der Waals surface area (Å²) in [6.45, 7) is 6.41. The molecule has 0 aromatic heterocycles. The largest absolute Gasteiger partial charge is 1.00 e. The fourth-order valence-corrected chi connectivity index (χ4v) is 2.65. The predicted octanol–water partition coefficient (Wildman–Crippen LogP) is -0.221. The standard InChI is InChI=1S/C13H9.C7H9.C3H6.2ClH.Zr/c1-3-7-12-10(5-1)9-11-6-2-4-8-13(11)12;1-2-7-5-3-4-6-7;1-3-2;;;/h1-5,7-8H,9H2;3-6H,2H2,1H3;1-2H3;2*1H;/q2*-1;;;;+2/p-2. The Morgan fingerprint density at radius 2 is 1.54 bits per heavy atom. The second-order valence-corrected chi connectivity index (χ2v) is 8.50. The summed E-state index contributed by atoms with van der Waals surface area (Å²) in [7, 11) is 0. The van der Waals surface area contributed by atoms with Crippen molar-refractivity contribution in [2.45, 2.75) is 33.6 Å². The first-order valence-electron chi connectivity index (χ1n) is 8.42. The number of hydrogen-bond acceptors (Lipinski definition) is 0. The zero-order chi connectivity index (χ0) is 17.4. The molecule has 4 rings (SSSR count). The number of benzene rings is 2. The molecule has 3 aromatic rings. The minimum atomic E-state index is 0. The molecule has 0 spiro atoms. The van der Waals surface area contributed by atoms with E-state index < -0.39 is 0 Å². The van der Waals surface area contributed by atoms with Crippen molar-refractivity contribution >= 4 is 3.21 Å². The van der Waals surface area contributed by atoms with Gasteiger partial charge in [0, 0.05) is 0 Å². The Balaban J connectivity index is 0.000000415. The minimum Gasteiger partial charge on any atom is -1.00 e. The van der Waals surface area contributed by atoms with E-state index >= 15 is 0 Å². The molecule has 0 fully saturated rings. The first-order valence-corrected chi connectivity index (χ1v) is 9.65. The Labute approximate surface area is 185 Å². The summed E-state index contributed by atoms with van der Waals surface area (Å²) < 4.78 is 1.51. The predicted molar refractivity (Wildman–Crippen MR) is 101 cm³/mol. The van der Waals surface area contributed by atoms with E-state index in [-0.39, 0.29) is 24.8 Å². The van der Waals surface area contributed by atoms with E-state index in [1.807, 2.05) is 6.07 Å². The summed E-state index contributed by atoms with van der Waals surface area (Å²) in [5, 5.41) is 0. The van der Waals surface area contributed by atoms with Crippen LogP contribution in [0.1, 0.15) is 37.5 Å². The molecule has 0 unspecified atom stereocenters. The number of fused-ring (bicyclic) bond motifs is 3. The third kappa shape index (κ3) is 7.79. The van der Waals surface area contributed by atoms with Crippen molar-refractivity contribution in [3.63, 3.8) is 0 Å². The van der Waals surface area contributed by atoms with Crippen LogP contribution in [0, 0.1) is 6.07 Å². The van der Waals surface area contributed by atoms with Crippen LogP contribution >= 0.6 is 0 Å². The van der Waals surface area contributed by atoms with Gasteiger partial charge in [-0.05, 0) is 6.42 Å². The van der Waals surface area contributed by atoms with Gasteiger partial charge >= 0.3 is 41.3 Å². The number of hydrogen-bond donors (Lipinski definition) is 0. The van der Waals surface area contributed by atoms with Crippen molar-refractivity contribution < 1.29 is 49.0 Å². The topological polar surface area (TPSA) is 0 Å². The smallest absolute Gasteiger partial charge is 0.0253 e. The van der Waals surface area contributed by atoms with Crippen LogP contribution in [-0.4, -0.2) is 3.21 Å². The first kappa shape index (κ1) is 25.1. The molecule has 3 heteroatoms. The second kappa shape index (κ2) is 13.3. The summed E-state index contributed by atoms with van der Waals surface area (Å²) in [6, 6.07) is 26.5. The van der Waals surface area contributed by atoms with E-state index in [9.17, 15) is 0 Å². The van der Waals surface area contributed by atoms with Crippen molar-refractivity contribution in [1.29, 1.82) is 0 Å². The maximum atomic E-state index is 3.30. The third-order valence-corrected chi connectivity index (χ3v) is 3.76. The summed E-state index contributed by atoms with van der Waals surface area (Å²) in [6.07, 6.45) is 2.21. The molecule has 0 radical (unpaired) electrons. The molecule has 3 aromatic carbocycles. The van der Waals surface area contributed by atoms with Crippen LogP contribution in [0.4, 0.5) is 0 Å². The van der Waals surface area contributed by atoms with E-state index in [1.54, 1.807) is 24.2 Å². The molecule has 0 aliphatic heterocycles. The Bertz CT molecular complexity index is 729. The molecule has 0 bridgehead atoms. The van der Waals surface area contributed by atoms with E-state index in [1.165, 1.54) is 31.0 Å². The van der Waals surface area contributed by atoms with Crippen molar-refractivity contribution in [3.05, 3.63) is 89.5 Å².